The zero-order valence-corrected chi connectivity index (χ0v) is 14.0. The molecular formula is C17H24ClNO2. The summed E-state index contributed by atoms with van der Waals surface area (Å²) < 4.78 is 5.82. The van der Waals surface area contributed by atoms with E-state index < -0.39 is 6.10 Å². The molecule has 0 aliphatic carbocycles. The van der Waals surface area contributed by atoms with Crippen molar-refractivity contribution in [3.63, 3.8) is 0 Å². The maximum atomic E-state index is 12.4. The number of amides is 1. The number of halogens is 1. The lowest BCUT2D eigenvalue weighted by Gasteiger charge is -2.32. The van der Waals surface area contributed by atoms with Gasteiger partial charge in [-0.25, -0.2) is 0 Å². The minimum atomic E-state index is -0.460. The van der Waals surface area contributed by atoms with Crippen molar-refractivity contribution >= 4 is 17.5 Å². The molecule has 1 saturated heterocycles. The summed E-state index contributed by atoms with van der Waals surface area (Å²) in [7, 11) is 0. The molecule has 0 unspecified atom stereocenters. The Kier molecular flexibility index (Phi) is 5.15. The Morgan fingerprint density at radius 1 is 1.29 bits per heavy atom. The SMILES string of the molecule is Cc1cc(O[C@H](C)C(=O)N2CCC(C)CC2)cc(C)c1Cl. The van der Waals surface area contributed by atoms with Crippen LogP contribution in [0.3, 0.4) is 0 Å². The Balaban J connectivity index is 2.00. The van der Waals surface area contributed by atoms with Crippen LogP contribution in [0.5, 0.6) is 5.75 Å². The number of hydrogen-bond donors (Lipinski definition) is 0. The molecule has 0 spiro atoms. The minimum absolute atomic E-state index is 0.0761. The number of rotatable bonds is 3. The molecule has 4 heteroatoms. The van der Waals surface area contributed by atoms with E-state index in [2.05, 4.69) is 6.92 Å². The lowest BCUT2D eigenvalue weighted by molar-refractivity contribution is -0.139. The standard InChI is InChI=1S/C17H24ClNO2/c1-11-5-7-19(8-6-11)17(20)14(4)21-15-9-12(2)16(18)13(3)10-15/h9-11,14H,5-8H2,1-4H3/t14-/m1/s1. The number of benzene rings is 1. The Morgan fingerprint density at radius 2 is 1.81 bits per heavy atom. The van der Waals surface area contributed by atoms with Crippen molar-refractivity contribution in [3.8, 4) is 5.75 Å². The Morgan fingerprint density at radius 3 is 2.33 bits per heavy atom. The van der Waals surface area contributed by atoms with Crippen molar-refractivity contribution < 1.29 is 9.53 Å². The maximum absolute atomic E-state index is 12.4. The second-order valence-electron chi connectivity index (χ2n) is 6.14. The Hall–Kier alpha value is -1.22. The molecule has 1 fully saturated rings. The molecule has 0 N–H and O–H groups in total. The van der Waals surface area contributed by atoms with Gasteiger partial charge < -0.3 is 9.64 Å². The molecule has 0 saturated carbocycles. The monoisotopic (exact) mass is 309 g/mol. The van der Waals surface area contributed by atoms with Gasteiger partial charge in [-0.1, -0.05) is 18.5 Å². The number of piperidine rings is 1. The van der Waals surface area contributed by atoms with Crippen molar-refractivity contribution in [2.45, 2.75) is 46.6 Å². The van der Waals surface area contributed by atoms with Crippen LogP contribution in [0, 0.1) is 19.8 Å². The molecule has 1 aromatic carbocycles. The summed E-state index contributed by atoms with van der Waals surface area (Å²) in [6, 6.07) is 3.77. The van der Waals surface area contributed by atoms with E-state index in [1.54, 1.807) is 0 Å². The largest absolute Gasteiger partial charge is 0.481 e. The third-order valence-corrected chi connectivity index (χ3v) is 4.76. The fraction of sp³-hybridized carbons (Fsp3) is 0.588. The van der Waals surface area contributed by atoms with Crippen LogP contribution in [0.1, 0.15) is 37.8 Å². The number of aryl methyl sites for hydroxylation is 2. The summed E-state index contributed by atoms with van der Waals surface area (Å²) in [5.41, 5.74) is 1.94. The van der Waals surface area contributed by atoms with Crippen molar-refractivity contribution in [2.24, 2.45) is 5.92 Å². The normalized spacial score (nSPS) is 17.7. The molecular weight excluding hydrogens is 286 g/mol. The average Bonchev–Trinajstić information content (AvgIpc) is 2.44. The molecule has 1 atom stereocenters. The van der Waals surface area contributed by atoms with E-state index in [1.165, 1.54) is 0 Å². The highest BCUT2D eigenvalue weighted by molar-refractivity contribution is 6.32. The molecule has 0 radical (unpaired) electrons. The molecule has 0 aromatic heterocycles. The van der Waals surface area contributed by atoms with E-state index in [0.29, 0.717) is 11.7 Å². The van der Waals surface area contributed by atoms with Gasteiger partial charge in [-0.15, -0.1) is 0 Å². The van der Waals surface area contributed by atoms with Crippen LogP contribution in [-0.4, -0.2) is 30.0 Å². The van der Waals surface area contributed by atoms with Gasteiger partial charge in [0.25, 0.3) is 5.91 Å². The zero-order chi connectivity index (χ0) is 15.6. The van der Waals surface area contributed by atoms with Gasteiger partial charge in [-0.3, -0.25) is 4.79 Å². The minimum Gasteiger partial charge on any atom is -0.481 e. The van der Waals surface area contributed by atoms with Crippen LogP contribution in [-0.2, 0) is 4.79 Å². The highest BCUT2D eigenvalue weighted by atomic mass is 35.5. The number of hydrogen-bond acceptors (Lipinski definition) is 2. The van der Waals surface area contributed by atoms with Gasteiger partial charge >= 0.3 is 0 Å². The summed E-state index contributed by atoms with van der Waals surface area (Å²) in [5, 5.41) is 0.756. The fourth-order valence-corrected chi connectivity index (χ4v) is 2.82. The predicted octanol–water partition coefficient (Wildman–Crippen LogP) is 3.98. The van der Waals surface area contributed by atoms with Crippen molar-refractivity contribution in [1.29, 1.82) is 0 Å². The molecule has 1 aromatic rings. The molecule has 3 nitrogen and oxygen atoms in total. The van der Waals surface area contributed by atoms with Crippen LogP contribution in [0.15, 0.2) is 12.1 Å². The maximum Gasteiger partial charge on any atom is 0.263 e. The topological polar surface area (TPSA) is 29.5 Å². The highest BCUT2D eigenvalue weighted by Gasteiger charge is 2.25. The van der Waals surface area contributed by atoms with Gasteiger partial charge in [0.05, 0.1) is 0 Å². The number of carbonyl (C=O) groups is 1. The van der Waals surface area contributed by atoms with E-state index in [9.17, 15) is 4.79 Å². The summed E-state index contributed by atoms with van der Waals surface area (Å²) in [6.45, 7) is 9.63. The van der Waals surface area contributed by atoms with Gasteiger partial charge in [-0.05, 0) is 62.8 Å². The number of nitrogens with zero attached hydrogens (tertiary/aromatic N) is 1. The molecule has 1 heterocycles. The summed E-state index contributed by atoms with van der Waals surface area (Å²) in [6.07, 6.45) is 1.70. The average molecular weight is 310 g/mol. The van der Waals surface area contributed by atoms with Crippen LogP contribution in [0.25, 0.3) is 0 Å². The Bertz CT molecular complexity index is 499. The quantitative estimate of drug-likeness (QED) is 0.845. The molecule has 116 valence electrons. The molecule has 2 rings (SSSR count). The Labute approximate surface area is 132 Å². The number of carbonyl (C=O) groups excluding carboxylic acids is 1. The third-order valence-electron chi connectivity index (χ3n) is 4.17. The fourth-order valence-electron chi connectivity index (χ4n) is 2.71. The van der Waals surface area contributed by atoms with Gasteiger partial charge in [0, 0.05) is 18.1 Å². The number of likely N-dealkylation sites (tertiary alicyclic amines) is 1. The molecule has 1 aliphatic rings. The van der Waals surface area contributed by atoms with Crippen LogP contribution in [0.4, 0.5) is 0 Å². The first-order valence-electron chi connectivity index (χ1n) is 7.60. The molecule has 0 bridgehead atoms. The van der Waals surface area contributed by atoms with Crippen LogP contribution < -0.4 is 4.74 Å². The first kappa shape index (κ1) is 16.2. The van der Waals surface area contributed by atoms with Gasteiger partial charge in [0.1, 0.15) is 5.75 Å². The predicted molar refractivity (Wildman–Crippen MR) is 86.0 cm³/mol. The van der Waals surface area contributed by atoms with Crippen LogP contribution in [0.2, 0.25) is 5.02 Å². The summed E-state index contributed by atoms with van der Waals surface area (Å²) in [4.78, 5) is 14.3. The van der Waals surface area contributed by atoms with Crippen molar-refractivity contribution in [1.82, 2.24) is 4.90 Å². The van der Waals surface area contributed by atoms with E-state index >= 15 is 0 Å². The van der Waals surface area contributed by atoms with Crippen molar-refractivity contribution in [2.75, 3.05) is 13.1 Å². The van der Waals surface area contributed by atoms with E-state index in [0.717, 1.165) is 42.1 Å². The lowest BCUT2D eigenvalue weighted by atomic mass is 9.99. The highest BCUT2D eigenvalue weighted by Crippen LogP contribution is 2.27. The van der Waals surface area contributed by atoms with Crippen LogP contribution >= 0.6 is 11.6 Å². The summed E-state index contributed by atoms with van der Waals surface area (Å²) >= 11 is 6.15. The second kappa shape index (κ2) is 6.69. The van der Waals surface area contributed by atoms with E-state index in [1.807, 2.05) is 37.8 Å². The van der Waals surface area contributed by atoms with E-state index in [4.69, 9.17) is 16.3 Å². The molecule has 1 amide bonds. The van der Waals surface area contributed by atoms with E-state index in [-0.39, 0.29) is 5.91 Å². The summed E-state index contributed by atoms with van der Waals surface area (Å²) in [5.74, 6) is 1.50. The first-order valence-corrected chi connectivity index (χ1v) is 7.98. The third kappa shape index (κ3) is 3.91. The molecule has 21 heavy (non-hydrogen) atoms. The molecule has 1 aliphatic heterocycles. The van der Waals surface area contributed by atoms with Gasteiger partial charge in [0.15, 0.2) is 6.10 Å². The number of ether oxygens (including phenoxy) is 1. The lowest BCUT2D eigenvalue weighted by Crippen LogP contribution is -2.44. The smallest absolute Gasteiger partial charge is 0.263 e. The first-order chi connectivity index (χ1) is 9.88. The van der Waals surface area contributed by atoms with Crippen molar-refractivity contribution in [3.05, 3.63) is 28.3 Å². The zero-order valence-electron chi connectivity index (χ0n) is 13.3. The second-order valence-corrected chi connectivity index (χ2v) is 6.52. The van der Waals surface area contributed by atoms with Gasteiger partial charge in [-0.2, -0.15) is 0 Å². The van der Waals surface area contributed by atoms with Gasteiger partial charge in [0.2, 0.25) is 0 Å².